The maximum absolute atomic E-state index is 4.78. The van der Waals surface area contributed by atoms with Crippen molar-refractivity contribution >= 4 is 27.5 Å². The van der Waals surface area contributed by atoms with Crippen molar-refractivity contribution in [1.29, 1.82) is 0 Å². The smallest absolute Gasteiger partial charge is 0.245 e. The van der Waals surface area contributed by atoms with E-state index in [1.807, 2.05) is 24.1 Å². The summed E-state index contributed by atoms with van der Waals surface area (Å²) in [5.41, 5.74) is 6.71. The largest absolute Gasteiger partial charge is 0.336 e. The third-order valence-electron chi connectivity index (χ3n) is 6.98. The van der Waals surface area contributed by atoms with Crippen molar-refractivity contribution in [1.82, 2.24) is 35.7 Å². The number of nitrogens with zero attached hydrogens (tertiary/aromatic N) is 6. The van der Waals surface area contributed by atoms with Gasteiger partial charge in [-0.05, 0) is 32.1 Å². The van der Waals surface area contributed by atoms with E-state index in [-0.39, 0.29) is 0 Å². The van der Waals surface area contributed by atoms with E-state index in [4.69, 9.17) is 4.98 Å². The summed E-state index contributed by atoms with van der Waals surface area (Å²) in [6.45, 7) is 4.19. The topological polar surface area (TPSA) is 95.5 Å². The number of anilines is 1. The zero-order valence-electron chi connectivity index (χ0n) is 18.0. The average Bonchev–Trinajstić information content (AvgIpc) is 3.45. The Labute approximate surface area is 190 Å². The summed E-state index contributed by atoms with van der Waals surface area (Å²) in [5.74, 6) is 1.40. The van der Waals surface area contributed by atoms with Crippen LogP contribution >= 0.6 is 11.3 Å². The molecule has 0 unspecified atom stereocenters. The van der Waals surface area contributed by atoms with Crippen LogP contribution < -0.4 is 10.2 Å². The number of nitrogens with one attached hydrogen (secondary N) is 2. The molecule has 0 radical (unpaired) electrons. The molecule has 4 aromatic rings. The molecule has 164 valence electrons. The molecule has 1 aliphatic carbocycles. The van der Waals surface area contributed by atoms with E-state index in [1.54, 1.807) is 11.3 Å². The second kappa shape index (κ2) is 8.22. The van der Waals surface area contributed by atoms with Crippen LogP contribution in [0.5, 0.6) is 0 Å². The van der Waals surface area contributed by atoms with E-state index in [1.165, 1.54) is 25.7 Å². The molecule has 5 heterocycles. The molecular weight excluding hydrogens is 420 g/mol. The Balaban J connectivity index is 1.32. The molecule has 1 saturated carbocycles. The number of hydrogen-bond acceptors (Lipinski definition) is 8. The van der Waals surface area contributed by atoms with Crippen molar-refractivity contribution in [2.24, 2.45) is 5.92 Å². The maximum atomic E-state index is 4.78. The van der Waals surface area contributed by atoms with Gasteiger partial charge in [-0.15, -0.1) is 21.5 Å². The molecule has 2 bridgehead atoms. The van der Waals surface area contributed by atoms with Gasteiger partial charge < -0.3 is 10.2 Å². The van der Waals surface area contributed by atoms with Gasteiger partial charge in [0.25, 0.3) is 0 Å². The van der Waals surface area contributed by atoms with E-state index in [2.05, 4.69) is 54.7 Å². The van der Waals surface area contributed by atoms with Crippen LogP contribution in [-0.2, 0) is 0 Å². The number of fused-ring (bicyclic) bond motifs is 5. The minimum absolute atomic E-state index is 0.490. The van der Waals surface area contributed by atoms with Crippen LogP contribution in [0, 0.1) is 5.92 Å². The number of aromatic nitrogens is 6. The van der Waals surface area contributed by atoms with Crippen LogP contribution in [0.3, 0.4) is 0 Å². The Hall–Kier alpha value is -2.91. The van der Waals surface area contributed by atoms with Gasteiger partial charge in [0.15, 0.2) is 0 Å². The molecule has 2 saturated heterocycles. The number of thiazole rings is 1. The van der Waals surface area contributed by atoms with Crippen LogP contribution in [0.1, 0.15) is 32.6 Å². The van der Waals surface area contributed by atoms with Crippen LogP contribution in [0.15, 0.2) is 36.2 Å². The first-order valence-electron chi connectivity index (χ1n) is 11.4. The van der Waals surface area contributed by atoms with Gasteiger partial charge in [0.1, 0.15) is 5.69 Å². The Kier molecular flexibility index (Phi) is 5.07. The highest BCUT2D eigenvalue weighted by Gasteiger charge is 2.37. The molecule has 9 heteroatoms. The van der Waals surface area contributed by atoms with E-state index in [0.717, 1.165) is 51.6 Å². The maximum Gasteiger partial charge on any atom is 0.245 e. The lowest BCUT2D eigenvalue weighted by molar-refractivity contribution is 0.282. The predicted molar refractivity (Wildman–Crippen MR) is 127 cm³/mol. The second-order valence-electron chi connectivity index (χ2n) is 8.71. The summed E-state index contributed by atoms with van der Waals surface area (Å²) in [5, 5.41) is 19.9. The zero-order chi connectivity index (χ0) is 21.5. The Morgan fingerprint density at radius 3 is 2.88 bits per heavy atom. The predicted octanol–water partition coefficient (Wildman–Crippen LogP) is 3.90. The summed E-state index contributed by atoms with van der Waals surface area (Å²) in [6, 6.07) is 5.27. The molecule has 3 aromatic heterocycles. The molecule has 0 amide bonds. The van der Waals surface area contributed by atoms with E-state index >= 15 is 0 Å². The van der Waals surface area contributed by atoms with Crippen molar-refractivity contribution < 1.29 is 0 Å². The first-order valence-corrected chi connectivity index (χ1v) is 12.2. The second-order valence-corrected chi connectivity index (χ2v) is 9.56. The van der Waals surface area contributed by atoms with Gasteiger partial charge in [0.2, 0.25) is 5.95 Å². The summed E-state index contributed by atoms with van der Waals surface area (Å²) < 4.78 is 1.09. The molecule has 1 aromatic carbocycles. The molecule has 2 N–H and O–H groups in total. The first-order chi connectivity index (χ1) is 15.8. The highest BCUT2D eigenvalue weighted by molar-refractivity contribution is 7.17. The minimum Gasteiger partial charge on any atom is -0.336 e. The van der Waals surface area contributed by atoms with Crippen LogP contribution in [0.25, 0.3) is 32.6 Å². The molecule has 7 rings (SSSR count). The number of aromatic amines is 1. The highest BCUT2D eigenvalue weighted by atomic mass is 32.1. The fraction of sp³-hybridized carbons (Fsp3) is 0.435. The summed E-state index contributed by atoms with van der Waals surface area (Å²) in [6.07, 6.45) is 10.6. The van der Waals surface area contributed by atoms with Gasteiger partial charge in [-0.1, -0.05) is 18.6 Å². The van der Waals surface area contributed by atoms with Crippen molar-refractivity contribution in [2.45, 2.75) is 44.7 Å². The first kappa shape index (κ1) is 19.8. The van der Waals surface area contributed by atoms with Crippen LogP contribution in [0.4, 0.5) is 5.95 Å². The summed E-state index contributed by atoms with van der Waals surface area (Å²) in [4.78, 5) is 11.8. The van der Waals surface area contributed by atoms with Gasteiger partial charge in [-0.2, -0.15) is 5.10 Å². The van der Waals surface area contributed by atoms with Crippen LogP contribution in [-0.4, -0.2) is 55.5 Å². The fourth-order valence-corrected chi connectivity index (χ4v) is 6.21. The van der Waals surface area contributed by atoms with Crippen molar-refractivity contribution in [3.05, 3.63) is 36.2 Å². The quantitative estimate of drug-likeness (QED) is 0.480. The summed E-state index contributed by atoms with van der Waals surface area (Å²) in [7, 11) is 0. The van der Waals surface area contributed by atoms with E-state index < -0.39 is 0 Å². The van der Waals surface area contributed by atoms with E-state index in [9.17, 15) is 0 Å². The summed E-state index contributed by atoms with van der Waals surface area (Å²) >= 11 is 1.61. The molecular formula is C23H26N8S. The number of hydrogen-bond donors (Lipinski definition) is 2. The SMILES string of the molecule is CCN(c1ncc(-c2ccc(-c3cn[nH]c3)c3ncsc23)nn1)[C@H]1C[C@H]2CCC[C@@H]1CN2. The van der Waals surface area contributed by atoms with Gasteiger partial charge in [-0.25, -0.2) is 9.97 Å². The van der Waals surface area contributed by atoms with Crippen molar-refractivity contribution in [2.75, 3.05) is 18.0 Å². The Bertz CT molecular complexity index is 1200. The number of H-pyrrole nitrogens is 1. The lowest BCUT2D eigenvalue weighted by Crippen LogP contribution is -2.52. The molecule has 3 fully saturated rings. The van der Waals surface area contributed by atoms with E-state index in [0.29, 0.717) is 18.0 Å². The Morgan fingerprint density at radius 1 is 1.12 bits per heavy atom. The molecule has 2 aliphatic heterocycles. The number of rotatable bonds is 5. The van der Waals surface area contributed by atoms with Crippen LogP contribution in [0.2, 0.25) is 0 Å². The molecule has 3 atom stereocenters. The van der Waals surface area contributed by atoms with Crippen molar-refractivity contribution in [3.8, 4) is 22.4 Å². The lowest BCUT2D eigenvalue weighted by Gasteiger charge is -2.40. The third kappa shape index (κ3) is 3.36. The van der Waals surface area contributed by atoms with Gasteiger partial charge in [0, 0.05) is 48.1 Å². The van der Waals surface area contributed by atoms with Gasteiger partial charge in [-0.3, -0.25) is 5.10 Å². The number of benzene rings is 1. The van der Waals surface area contributed by atoms with Gasteiger partial charge in [0.05, 0.1) is 28.1 Å². The third-order valence-corrected chi connectivity index (χ3v) is 7.84. The average molecular weight is 447 g/mol. The van der Waals surface area contributed by atoms with Gasteiger partial charge >= 0.3 is 0 Å². The fourth-order valence-electron chi connectivity index (χ4n) is 5.38. The standard InChI is InChI=1S/C23H26N8S/c1-2-31(20-8-16-5-3-4-14(20)9-24-16)23-25-12-19(29-30-23)18-7-6-17(15-10-27-28-11-15)21-22(18)32-13-26-21/h6-7,10-14,16,20,24H,2-5,8-9H2,1H3,(H,27,28)/t14-,16-,20+/m1/s1. The minimum atomic E-state index is 0.490. The Morgan fingerprint density at radius 2 is 2.06 bits per heavy atom. The molecule has 0 spiro atoms. The lowest BCUT2D eigenvalue weighted by atomic mass is 9.89. The van der Waals surface area contributed by atoms with Crippen molar-refractivity contribution in [3.63, 3.8) is 0 Å². The molecule has 3 aliphatic rings. The zero-order valence-corrected chi connectivity index (χ0v) is 18.8. The molecule has 32 heavy (non-hydrogen) atoms. The normalized spacial score (nSPS) is 22.8. The number of piperidine rings is 1. The monoisotopic (exact) mass is 446 g/mol. The highest BCUT2D eigenvalue weighted by Crippen LogP contribution is 2.37. The molecule has 8 nitrogen and oxygen atoms in total.